The molecule has 4 nitrogen and oxygen atoms in total. The molecule has 0 spiro atoms. The summed E-state index contributed by atoms with van der Waals surface area (Å²) in [5, 5.41) is 3.25. The Bertz CT molecular complexity index is 584. The number of hydrogen-bond acceptors (Lipinski definition) is 3. The first-order valence-electron chi connectivity index (χ1n) is 7.76. The Labute approximate surface area is 128 Å². The third kappa shape index (κ3) is 4.05. The molecule has 2 atom stereocenters. The fraction of sp³-hybridized carbons (Fsp3) is 0.625. The lowest BCUT2D eigenvalue weighted by atomic mass is 10.1. The highest BCUT2D eigenvalue weighted by Crippen LogP contribution is 2.26. The number of benzene rings is 1. The van der Waals surface area contributed by atoms with E-state index in [2.05, 4.69) is 17.0 Å². The van der Waals surface area contributed by atoms with Crippen molar-refractivity contribution in [1.82, 2.24) is 10.0 Å². The van der Waals surface area contributed by atoms with Crippen molar-refractivity contribution < 1.29 is 8.42 Å². The molecule has 0 saturated heterocycles. The Morgan fingerprint density at radius 1 is 1.29 bits per heavy atom. The van der Waals surface area contributed by atoms with Gasteiger partial charge in [-0.2, -0.15) is 0 Å². The van der Waals surface area contributed by atoms with E-state index in [0.29, 0.717) is 17.4 Å². The third-order valence-corrected chi connectivity index (χ3v) is 5.85. The van der Waals surface area contributed by atoms with Crippen LogP contribution in [0.15, 0.2) is 23.1 Å². The summed E-state index contributed by atoms with van der Waals surface area (Å²) in [6.45, 7) is 7.74. The van der Waals surface area contributed by atoms with Gasteiger partial charge in [0.25, 0.3) is 0 Å². The molecule has 1 aliphatic carbocycles. The first-order chi connectivity index (χ1) is 9.94. The van der Waals surface area contributed by atoms with Crippen LogP contribution < -0.4 is 10.0 Å². The largest absolute Gasteiger partial charge is 0.313 e. The van der Waals surface area contributed by atoms with Gasteiger partial charge in [0, 0.05) is 12.6 Å². The molecule has 0 amide bonds. The van der Waals surface area contributed by atoms with E-state index in [1.54, 1.807) is 12.1 Å². The van der Waals surface area contributed by atoms with E-state index < -0.39 is 10.0 Å². The molecule has 0 aliphatic heterocycles. The van der Waals surface area contributed by atoms with Gasteiger partial charge in [-0.05, 0) is 55.5 Å². The van der Waals surface area contributed by atoms with Crippen molar-refractivity contribution in [3.63, 3.8) is 0 Å². The predicted molar refractivity (Wildman–Crippen MR) is 85.7 cm³/mol. The molecule has 1 aromatic carbocycles. The highest BCUT2D eigenvalue weighted by atomic mass is 32.2. The number of nitrogens with one attached hydrogen (secondary N) is 2. The summed E-state index contributed by atoms with van der Waals surface area (Å²) >= 11 is 0. The SMILES string of the molecule is CCNCc1cc(S(=O)(=O)NC2CCCC2C)ccc1C. The second-order valence-corrected chi connectivity index (χ2v) is 7.72. The lowest BCUT2D eigenvalue weighted by Crippen LogP contribution is -2.36. The maximum atomic E-state index is 12.5. The van der Waals surface area contributed by atoms with Crippen LogP contribution in [0.3, 0.4) is 0 Å². The van der Waals surface area contributed by atoms with Gasteiger partial charge in [-0.25, -0.2) is 13.1 Å². The molecule has 1 aliphatic rings. The molecule has 118 valence electrons. The van der Waals surface area contributed by atoms with Crippen molar-refractivity contribution in [2.45, 2.75) is 57.5 Å². The molecule has 1 fully saturated rings. The van der Waals surface area contributed by atoms with Gasteiger partial charge in [0.05, 0.1) is 4.90 Å². The molecule has 2 rings (SSSR count). The van der Waals surface area contributed by atoms with E-state index >= 15 is 0 Å². The van der Waals surface area contributed by atoms with Crippen LogP contribution >= 0.6 is 0 Å². The molecule has 21 heavy (non-hydrogen) atoms. The summed E-state index contributed by atoms with van der Waals surface area (Å²) in [4.78, 5) is 0.375. The second-order valence-electron chi connectivity index (χ2n) is 6.00. The summed E-state index contributed by atoms with van der Waals surface area (Å²) in [6, 6.07) is 5.46. The van der Waals surface area contributed by atoms with E-state index in [4.69, 9.17) is 0 Å². The van der Waals surface area contributed by atoms with Gasteiger partial charge in [-0.1, -0.05) is 26.3 Å². The van der Waals surface area contributed by atoms with Crippen molar-refractivity contribution in [1.29, 1.82) is 0 Å². The van der Waals surface area contributed by atoms with E-state index in [1.165, 1.54) is 0 Å². The average molecular weight is 310 g/mol. The molecule has 5 heteroatoms. The number of hydrogen-bond donors (Lipinski definition) is 2. The summed E-state index contributed by atoms with van der Waals surface area (Å²) in [5.41, 5.74) is 2.16. The van der Waals surface area contributed by atoms with Crippen LogP contribution in [0, 0.1) is 12.8 Å². The number of sulfonamides is 1. The Morgan fingerprint density at radius 3 is 2.67 bits per heavy atom. The van der Waals surface area contributed by atoms with E-state index in [1.807, 2.05) is 19.9 Å². The van der Waals surface area contributed by atoms with Crippen LogP contribution in [0.2, 0.25) is 0 Å². The molecular weight excluding hydrogens is 284 g/mol. The van der Waals surface area contributed by atoms with Crippen molar-refractivity contribution in [2.75, 3.05) is 6.54 Å². The van der Waals surface area contributed by atoms with E-state index in [0.717, 1.165) is 36.9 Å². The van der Waals surface area contributed by atoms with Gasteiger partial charge in [0.1, 0.15) is 0 Å². The lowest BCUT2D eigenvalue weighted by Gasteiger charge is -2.18. The van der Waals surface area contributed by atoms with Crippen molar-refractivity contribution in [2.24, 2.45) is 5.92 Å². The summed E-state index contributed by atoms with van der Waals surface area (Å²) < 4.78 is 28.0. The predicted octanol–water partition coefficient (Wildman–Crippen LogP) is 2.57. The molecule has 0 radical (unpaired) electrons. The molecule has 1 aromatic rings. The molecule has 2 unspecified atom stereocenters. The van der Waals surface area contributed by atoms with Crippen LogP contribution in [0.25, 0.3) is 0 Å². The first-order valence-corrected chi connectivity index (χ1v) is 9.25. The quantitative estimate of drug-likeness (QED) is 0.849. The Morgan fingerprint density at radius 2 is 2.05 bits per heavy atom. The number of rotatable bonds is 6. The van der Waals surface area contributed by atoms with Gasteiger partial charge in [0.15, 0.2) is 0 Å². The van der Waals surface area contributed by atoms with Crippen LogP contribution in [0.1, 0.15) is 44.2 Å². The van der Waals surface area contributed by atoms with Gasteiger partial charge in [0.2, 0.25) is 10.0 Å². The fourth-order valence-electron chi connectivity index (χ4n) is 2.85. The van der Waals surface area contributed by atoms with Crippen LogP contribution in [-0.4, -0.2) is 21.0 Å². The maximum Gasteiger partial charge on any atom is 0.240 e. The van der Waals surface area contributed by atoms with Gasteiger partial charge < -0.3 is 5.32 Å². The van der Waals surface area contributed by atoms with Crippen LogP contribution in [0.4, 0.5) is 0 Å². The molecule has 0 bridgehead atoms. The van der Waals surface area contributed by atoms with Crippen molar-refractivity contribution in [3.05, 3.63) is 29.3 Å². The minimum absolute atomic E-state index is 0.0773. The minimum Gasteiger partial charge on any atom is -0.313 e. The summed E-state index contributed by atoms with van der Waals surface area (Å²) in [6.07, 6.45) is 3.15. The van der Waals surface area contributed by atoms with Gasteiger partial charge >= 0.3 is 0 Å². The maximum absolute atomic E-state index is 12.5. The van der Waals surface area contributed by atoms with Gasteiger partial charge in [-0.15, -0.1) is 0 Å². The normalized spacial score (nSPS) is 22.6. The topological polar surface area (TPSA) is 58.2 Å². The zero-order chi connectivity index (χ0) is 15.5. The fourth-order valence-corrected chi connectivity index (χ4v) is 4.28. The smallest absolute Gasteiger partial charge is 0.240 e. The standard InChI is InChI=1S/C16H26N2O2S/c1-4-17-11-14-10-15(9-8-12(14)2)21(19,20)18-16-7-5-6-13(16)3/h8-10,13,16-18H,4-7,11H2,1-3H3. The highest BCUT2D eigenvalue weighted by molar-refractivity contribution is 7.89. The Hall–Kier alpha value is -0.910. The summed E-state index contributed by atoms with van der Waals surface area (Å²) in [7, 11) is -3.42. The number of aryl methyl sites for hydroxylation is 1. The minimum atomic E-state index is -3.42. The van der Waals surface area contributed by atoms with Gasteiger partial charge in [-0.3, -0.25) is 0 Å². The van der Waals surface area contributed by atoms with Crippen LogP contribution in [0.5, 0.6) is 0 Å². The van der Waals surface area contributed by atoms with E-state index in [-0.39, 0.29) is 6.04 Å². The average Bonchev–Trinajstić information content (AvgIpc) is 2.82. The van der Waals surface area contributed by atoms with Crippen LogP contribution in [-0.2, 0) is 16.6 Å². The lowest BCUT2D eigenvalue weighted by molar-refractivity contribution is 0.476. The van der Waals surface area contributed by atoms with Crippen molar-refractivity contribution in [3.8, 4) is 0 Å². The zero-order valence-electron chi connectivity index (χ0n) is 13.1. The Balaban J connectivity index is 2.19. The molecule has 0 heterocycles. The first kappa shape index (κ1) is 16.5. The summed E-state index contributed by atoms with van der Waals surface area (Å²) in [5.74, 6) is 0.423. The second kappa shape index (κ2) is 6.90. The van der Waals surface area contributed by atoms with Crippen molar-refractivity contribution >= 4 is 10.0 Å². The zero-order valence-corrected chi connectivity index (χ0v) is 14.0. The third-order valence-electron chi connectivity index (χ3n) is 4.36. The molecule has 0 aromatic heterocycles. The molecule has 2 N–H and O–H groups in total. The monoisotopic (exact) mass is 310 g/mol. The molecule has 1 saturated carbocycles. The molecular formula is C16H26N2O2S. The highest BCUT2D eigenvalue weighted by Gasteiger charge is 2.28. The Kier molecular flexibility index (Phi) is 5.41. The van der Waals surface area contributed by atoms with E-state index in [9.17, 15) is 8.42 Å².